The van der Waals surface area contributed by atoms with Crippen LogP contribution in [0.5, 0.6) is 17.2 Å². The lowest BCUT2D eigenvalue weighted by molar-refractivity contribution is -0.139. The summed E-state index contributed by atoms with van der Waals surface area (Å²) in [5, 5.41) is 11.3. The number of carbonyl (C=O) groups is 2. The van der Waals surface area contributed by atoms with E-state index in [-0.39, 0.29) is 16.9 Å². The molecule has 0 spiro atoms. The van der Waals surface area contributed by atoms with Crippen molar-refractivity contribution < 1.29 is 28.9 Å². The van der Waals surface area contributed by atoms with E-state index in [0.717, 1.165) is 19.3 Å². The van der Waals surface area contributed by atoms with Crippen LogP contribution in [0.15, 0.2) is 48.0 Å². The van der Waals surface area contributed by atoms with Crippen LogP contribution < -0.4 is 14.2 Å². The number of likely N-dealkylation sites (tertiary alicyclic amines) is 1. The smallest absolute Gasteiger partial charge is 0.295 e. The Hall–Kier alpha value is -3.48. The third kappa shape index (κ3) is 4.28. The van der Waals surface area contributed by atoms with Crippen molar-refractivity contribution in [2.75, 3.05) is 27.9 Å². The molecule has 7 nitrogen and oxygen atoms in total. The number of aliphatic hydroxyl groups excluding tert-OH is 1. The Bertz CT molecular complexity index is 989. The predicted octanol–water partition coefficient (Wildman–Crippen LogP) is 4.32. The number of amides is 1. The number of ether oxygens (including phenoxy) is 3. The first kappa shape index (κ1) is 23.2. The van der Waals surface area contributed by atoms with Crippen molar-refractivity contribution in [2.45, 2.75) is 32.2 Å². The van der Waals surface area contributed by atoms with Gasteiger partial charge < -0.3 is 24.2 Å². The SMILES string of the molecule is CCCCCN1C(=O)C(=O)/C(=C(/O)c2c(OC)cccc2OC)C1c1ccc(OC)cc1. The van der Waals surface area contributed by atoms with E-state index in [1.54, 1.807) is 49.6 Å². The number of hydrogen-bond acceptors (Lipinski definition) is 6. The fourth-order valence-electron chi connectivity index (χ4n) is 3.99. The number of aliphatic hydroxyl groups is 1. The minimum atomic E-state index is -0.729. The van der Waals surface area contributed by atoms with E-state index in [4.69, 9.17) is 14.2 Å². The van der Waals surface area contributed by atoms with Crippen molar-refractivity contribution in [3.8, 4) is 17.2 Å². The van der Waals surface area contributed by atoms with E-state index in [2.05, 4.69) is 6.92 Å². The number of hydrogen-bond donors (Lipinski definition) is 1. The van der Waals surface area contributed by atoms with Gasteiger partial charge in [-0.1, -0.05) is 38.0 Å². The summed E-state index contributed by atoms with van der Waals surface area (Å²) in [6, 6.07) is 11.5. The van der Waals surface area contributed by atoms with Crippen LogP contribution in [0.2, 0.25) is 0 Å². The first-order chi connectivity index (χ1) is 15.5. The molecule has 1 fully saturated rings. The molecule has 0 aromatic heterocycles. The molecule has 1 unspecified atom stereocenters. The number of rotatable bonds is 9. The van der Waals surface area contributed by atoms with Gasteiger partial charge in [-0.15, -0.1) is 0 Å². The number of unbranched alkanes of at least 4 members (excludes halogenated alkanes) is 2. The Kier molecular flexibility index (Phi) is 7.41. The predicted molar refractivity (Wildman–Crippen MR) is 121 cm³/mol. The van der Waals surface area contributed by atoms with Crippen molar-refractivity contribution in [3.63, 3.8) is 0 Å². The van der Waals surface area contributed by atoms with Crippen LogP contribution in [0.3, 0.4) is 0 Å². The molecule has 7 heteroatoms. The molecule has 1 amide bonds. The zero-order valence-electron chi connectivity index (χ0n) is 18.9. The van der Waals surface area contributed by atoms with Gasteiger partial charge in [0, 0.05) is 6.54 Å². The van der Waals surface area contributed by atoms with Gasteiger partial charge in [0.2, 0.25) is 0 Å². The second-order valence-corrected chi connectivity index (χ2v) is 7.51. The molecule has 0 aliphatic carbocycles. The molecule has 1 N–H and O–H groups in total. The van der Waals surface area contributed by atoms with Crippen LogP contribution in [-0.2, 0) is 9.59 Å². The lowest BCUT2D eigenvalue weighted by Crippen LogP contribution is -2.30. The summed E-state index contributed by atoms with van der Waals surface area (Å²) in [4.78, 5) is 27.7. The molecule has 2 aromatic rings. The number of carbonyl (C=O) groups excluding carboxylic acids is 2. The van der Waals surface area contributed by atoms with Crippen LogP contribution in [0.4, 0.5) is 0 Å². The van der Waals surface area contributed by atoms with Gasteiger partial charge in [0.1, 0.15) is 28.6 Å². The first-order valence-electron chi connectivity index (χ1n) is 10.6. The van der Waals surface area contributed by atoms with E-state index in [1.165, 1.54) is 19.1 Å². The average molecular weight is 440 g/mol. The van der Waals surface area contributed by atoms with Gasteiger partial charge in [-0.05, 0) is 36.2 Å². The van der Waals surface area contributed by atoms with Gasteiger partial charge in [0.05, 0.1) is 32.9 Å². The van der Waals surface area contributed by atoms with Gasteiger partial charge in [-0.2, -0.15) is 0 Å². The maximum atomic E-state index is 13.2. The number of ketones is 1. The van der Waals surface area contributed by atoms with Gasteiger partial charge in [0.25, 0.3) is 11.7 Å². The van der Waals surface area contributed by atoms with Gasteiger partial charge in [-0.25, -0.2) is 0 Å². The second kappa shape index (κ2) is 10.2. The van der Waals surface area contributed by atoms with Crippen molar-refractivity contribution in [2.24, 2.45) is 0 Å². The highest BCUT2D eigenvalue weighted by Crippen LogP contribution is 2.43. The fourth-order valence-corrected chi connectivity index (χ4v) is 3.99. The number of Topliss-reactive ketones (excluding diaryl/α,β-unsaturated/α-hetero) is 1. The summed E-state index contributed by atoms with van der Waals surface area (Å²) in [6.07, 6.45) is 2.67. The third-order valence-electron chi connectivity index (χ3n) is 5.64. The molecule has 0 saturated carbocycles. The average Bonchev–Trinajstić information content (AvgIpc) is 3.08. The summed E-state index contributed by atoms with van der Waals surface area (Å²) >= 11 is 0. The fraction of sp³-hybridized carbons (Fsp3) is 0.360. The highest BCUT2D eigenvalue weighted by atomic mass is 16.5. The number of benzene rings is 2. The molecule has 170 valence electrons. The molecular weight excluding hydrogens is 410 g/mol. The van der Waals surface area contributed by atoms with Crippen molar-refractivity contribution in [1.29, 1.82) is 0 Å². The largest absolute Gasteiger partial charge is 0.506 e. The quantitative estimate of drug-likeness (QED) is 0.271. The van der Waals surface area contributed by atoms with Crippen LogP contribution >= 0.6 is 0 Å². The van der Waals surface area contributed by atoms with Crippen molar-refractivity contribution >= 4 is 17.4 Å². The monoisotopic (exact) mass is 439 g/mol. The molecule has 1 aliphatic heterocycles. The zero-order chi connectivity index (χ0) is 23.3. The topological polar surface area (TPSA) is 85.3 Å². The molecule has 1 aliphatic rings. The van der Waals surface area contributed by atoms with Crippen LogP contribution in [0.25, 0.3) is 5.76 Å². The molecule has 2 aromatic carbocycles. The summed E-state index contributed by atoms with van der Waals surface area (Å²) in [6.45, 7) is 2.48. The zero-order valence-corrected chi connectivity index (χ0v) is 18.9. The minimum Gasteiger partial charge on any atom is -0.506 e. The second-order valence-electron chi connectivity index (χ2n) is 7.51. The maximum absolute atomic E-state index is 13.2. The Balaban J connectivity index is 2.21. The highest BCUT2D eigenvalue weighted by molar-refractivity contribution is 6.46. The molecular formula is C25H29NO6. The van der Waals surface area contributed by atoms with Crippen molar-refractivity contribution in [3.05, 3.63) is 59.2 Å². The lowest BCUT2D eigenvalue weighted by Gasteiger charge is -2.25. The Morgan fingerprint density at radius 3 is 2.09 bits per heavy atom. The Labute approximate surface area is 188 Å². The molecule has 1 atom stereocenters. The summed E-state index contributed by atoms with van der Waals surface area (Å²) in [7, 11) is 4.51. The van der Waals surface area contributed by atoms with Gasteiger partial charge in [0.15, 0.2) is 0 Å². The van der Waals surface area contributed by atoms with E-state index >= 15 is 0 Å². The summed E-state index contributed by atoms with van der Waals surface area (Å²) in [5.41, 5.74) is 0.957. The van der Waals surface area contributed by atoms with E-state index in [9.17, 15) is 14.7 Å². The lowest BCUT2D eigenvalue weighted by atomic mass is 9.94. The molecule has 32 heavy (non-hydrogen) atoms. The molecule has 0 bridgehead atoms. The van der Waals surface area contributed by atoms with Gasteiger partial charge >= 0.3 is 0 Å². The van der Waals surface area contributed by atoms with Crippen LogP contribution in [0, 0.1) is 0 Å². The van der Waals surface area contributed by atoms with Crippen LogP contribution in [-0.4, -0.2) is 49.6 Å². The Morgan fingerprint density at radius 2 is 1.56 bits per heavy atom. The van der Waals surface area contributed by atoms with E-state index in [1.807, 2.05) is 0 Å². The summed E-state index contributed by atoms with van der Waals surface area (Å²) < 4.78 is 16.1. The highest BCUT2D eigenvalue weighted by Gasteiger charge is 2.46. The third-order valence-corrected chi connectivity index (χ3v) is 5.64. The molecule has 0 radical (unpaired) electrons. The van der Waals surface area contributed by atoms with Crippen molar-refractivity contribution in [1.82, 2.24) is 4.90 Å². The Morgan fingerprint density at radius 1 is 0.938 bits per heavy atom. The normalized spacial score (nSPS) is 17.5. The van der Waals surface area contributed by atoms with E-state index in [0.29, 0.717) is 29.4 Å². The minimum absolute atomic E-state index is 0.0134. The number of methoxy groups -OCH3 is 3. The maximum Gasteiger partial charge on any atom is 0.295 e. The van der Waals surface area contributed by atoms with E-state index < -0.39 is 17.7 Å². The van der Waals surface area contributed by atoms with Crippen LogP contribution in [0.1, 0.15) is 43.4 Å². The first-order valence-corrected chi connectivity index (χ1v) is 10.6. The molecule has 1 saturated heterocycles. The standard InChI is InChI=1S/C25H29NO6/c1-5-6-7-15-26-22(16-11-13-17(30-2)14-12-16)21(24(28)25(26)29)23(27)20-18(31-3)9-8-10-19(20)32-4/h8-14,22,27H,5-7,15H2,1-4H3/b23-21+. The van der Waals surface area contributed by atoms with Gasteiger partial charge in [-0.3, -0.25) is 9.59 Å². The molecule has 3 rings (SSSR count). The molecule has 1 heterocycles. The summed E-state index contributed by atoms with van der Waals surface area (Å²) in [5.74, 6) is -0.343. The number of nitrogens with zero attached hydrogens (tertiary/aromatic N) is 1.